The number of rotatable bonds is 5. The van der Waals surface area contributed by atoms with Crippen LogP contribution in [0, 0.1) is 21.7 Å². The predicted molar refractivity (Wildman–Crippen MR) is 73.6 cm³/mol. The number of amides is 1. The van der Waals surface area contributed by atoms with E-state index in [9.17, 15) is 23.7 Å². The molecule has 0 radical (unpaired) electrons. The van der Waals surface area contributed by atoms with Crippen LogP contribution in [0.15, 0.2) is 42.5 Å². The predicted octanol–water partition coefficient (Wildman–Crippen LogP) is 2.89. The summed E-state index contributed by atoms with van der Waals surface area (Å²) >= 11 is 0. The normalized spacial score (nSPS) is 10.1. The maximum atomic E-state index is 13.0. The van der Waals surface area contributed by atoms with E-state index in [2.05, 4.69) is 5.32 Å². The standard InChI is InChI=1S/C14H10F2N2O4/c15-12-6-1-9(7-13(12)16)17-14(19)8-22-11-4-2-10(3-5-11)18(20)21/h1-7H,8H2,(H,17,19). The molecule has 0 atom stereocenters. The molecule has 2 aromatic carbocycles. The van der Waals surface area contributed by atoms with Crippen LogP contribution in [0.4, 0.5) is 20.2 Å². The van der Waals surface area contributed by atoms with E-state index in [1.54, 1.807) is 0 Å². The number of nitro groups is 1. The summed E-state index contributed by atoms with van der Waals surface area (Å²) in [5.74, 6) is -2.40. The summed E-state index contributed by atoms with van der Waals surface area (Å²) in [6.07, 6.45) is 0. The smallest absolute Gasteiger partial charge is 0.269 e. The molecule has 1 N–H and O–H groups in total. The summed E-state index contributed by atoms with van der Waals surface area (Å²) in [5, 5.41) is 12.8. The van der Waals surface area contributed by atoms with Gasteiger partial charge in [-0.3, -0.25) is 14.9 Å². The summed E-state index contributed by atoms with van der Waals surface area (Å²) in [4.78, 5) is 21.5. The van der Waals surface area contributed by atoms with Crippen molar-refractivity contribution in [2.24, 2.45) is 0 Å². The van der Waals surface area contributed by atoms with Crippen molar-refractivity contribution in [3.8, 4) is 5.75 Å². The summed E-state index contributed by atoms with van der Waals surface area (Å²) in [6.45, 7) is -0.378. The number of ether oxygens (including phenoxy) is 1. The number of hydrogen-bond acceptors (Lipinski definition) is 4. The Morgan fingerprint density at radius 2 is 1.82 bits per heavy atom. The molecular formula is C14H10F2N2O4. The van der Waals surface area contributed by atoms with Crippen molar-refractivity contribution in [2.75, 3.05) is 11.9 Å². The maximum absolute atomic E-state index is 13.0. The second-order valence-electron chi connectivity index (χ2n) is 4.22. The van der Waals surface area contributed by atoms with Gasteiger partial charge in [0.1, 0.15) is 5.75 Å². The number of benzene rings is 2. The Morgan fingerprint density at radius 3 is 2.41 bits per heavy atom. The zero-order valence-electron chi connectivity index (χ0n) is 11.1. The number of halogens is 2. The Balaban J connectivity index is 1.89. The molecule has 0 fully saturated rings. The van der Waals surface area contributed by atoms with Crippen LogP contribution in [0.1, 0.15) is 0 Å². The molecule has 2 rings (SSSR count). The fraction of sp³-hybridized carbons (Fsp3) is 0.0714. The average molecular weight is 308 g/mol. The number of carbonyl (C=O) groups is 1. The first kappa shape index (κ1) is 15.4. The first-order valence-electron chi connectivity index (χ1n) is 6.08. The number of nitro benzene ring substituents is 1. The second-order valence-corrected chi connectivity index (χ2v) is 4.22. The van der Waals surface area contributed by atoms with Crippen LogP contribution in [-0.4, -0.2) is 17.4 Å². The molecule has 0 unspecified atom stereocenters. The topological polar surface area (TPSA) is 81.5 Å². The van der Waals surface area contributed by atoms with Crippen molar-refractivity contribution in [2.45, 2.75) is 0 Å². The van der Waals surface area contributed by atoms with Gasteiger partial charge in [-0.25, -0.2) is 8.78 Å². The Hall–Kier alpha value is -3.03. The van der Waals surface area contributed by atoms with Crippen molar-refractivity contribution >= 4 is 17.3 Å². The van der Waals surface area contributed by atoms with Crippen LogP contribution in [0.25, 0.3) is 0 Å². The Morgan fingerprint density at radius 1 is 1.14 bits per heavy atom. The summed E-state index contributed by atoms with van der Waals surface area (Å²) in [6, 6.07) is 8.13. The molecule has 0 aliphatic carbocycles. The fourth-order valence-corrected chi connectivity index (χ4v) is 1.58. The minimum atomic E-state index is -1.07. The van der Waals surface area contributed by atoms with E-state index < -0.39 is 22.5 Å². The van der Waals surface area contributed by atoms with Gasteiger partial charge in [0.15, 0.2) is 18.2 Å². The van der Waals surface area contributed by atoms with Crippen LogP contribution >= 0.6 is 0 Å². The molecule has 2 aromatic rings. The van der Waals surface area contributed by atoms with Crippen LogP contribution in [0.3, 0.4) is 0 Å². The van der Waals surface area contributed by atoms with E-state index in [1.807, 2.05) is 0 Å². The van der Waals surface area contributed by atoms with Gasteiger partial charge in [0.2, 0.25) is 0 Å². The third-order valence-corrected chi connectivity index (χ3v) is 2.62. The summed E-state index contributed by atoms with van der Waals surface area (Å²) in [7, 11) is 0. The van der Waals surface area contributed by atoms with Gasteiger partial charge in [0.25, 0.3) is 11.6 Å². The summed E-state index contributed by atoms with van der Waals surface area (Å²) < 4.78 is 30.8. The minimum absolute atomic E-state index is 0.0937. The lowest BCUT2D eigenvalue weighted by Gasteiger charge is -2.07. The molecule has 0 saturated carbocycles. The first-order valence-corrected chi connectivity index (χ1v) is 6.08. The molecule has 0 saturated heterocycles. The number of non-ortho nitro benzene ring substituents is 1. The zero-order valence-corrected chi connectivity index (χ0v) is 11.1. The number of hydrogen-bond donors (Lipinski definition) is 1. The van der Waals surface area contributed by atoms with E-state index in [0.717, 1.165) is 12.1 Å². The number of anilines is 1. The van der Waals surface area contributed by atoms with Gasteiger partial charge in [-0.05, 0) is 24.3 Å². The van der Waals surface area contributed by atoms with Crippen LogP contribution in [0.2, 0.25) is 0 Å². The lowest BCUT2D eigenvalue weighted by molar-refractivity contribution is -0.384. The zero-order chi connectivity index (χ0) is 16.1. The fourth-order valence-electron chi connectivity index (χ4n) is 1.58. The van der Waals surface area contributed by atoms with Gasteiger partial charge in [-0.1, -0.05) is 0 Å². The van der Waals surface area contributed by atoms with Gasteiger partial charge < -0.3 is 10.1 Å². The quantitative estimate of drug-likeness (QED) is 0.680. The highest BCUT2D eigenvalue weighted by molar-refractivity contribution is 5.91. The molecule has 0 aliphatic heterocycles. The monoisotopic (exact) mass is 308 g/mol. The third kappa shape index (κ3) is 3.98. The van der Waals surface area contributed by atoms with E-state index in [1.165, 1.54) is 30.3 Å². The van der Waals surface area contributed by atoms with Gasteiger partial charge >= 0.3 is 0 Å². The van der Waals surface area contributed by atoms with Crippen molar-refractivity contribution < 1.29 is 23.2 Å². The molecule has 0 bridgehead atoms. The molecule has 22 heavy (non-hydrogen) atoms. The van der Waals surface area contributed by atoms with Crippen molar-refractivity contribution in [1.29, 1.82) is 0 Å². The van der Waals surface area contributed by atoms with E-state index in [0.29, 0.717) is 0 Å². The number of nitrogens with zero attached hydrogens (tertiary/aromatic N) is 1. The molecule has 1 amide bonds. The van der Waals surface area contributed by atoms with E-state index in [-0.39, 0.29) is 23.7 Å². The lowest BCUT2D eigenvalue weighted by atomic mass is 10.3. The van der Waals surface area contributed by atoms with Crippen molar-refractivity contribution in [1.82, 2.24) is 0 Å². The molecule has 0 heterocycles. The van der Waals surface area contributed by atoms with Crippen molar-refractivity contribution in [3.63, 3.8) is 0 Å². The second kappa shape index (κ2) is 6.61. The lowest BCUT2D eigenvalue weighted by Crippen LogP contribution is -2.20. The SMILES string of the molecule is O=C(COc1ccc([N+](=O)[O-])cc1)Nc1ccc(F)c(F)c1. The molecule has 114 valence electrons. The number of nitrogens with one attached hydrogen (secondary N) is 1. The van der Waals surface area contributed by atoms with Gasteiger partial charge in [0, 0.05) is 23.9 Å². The Labute approximate surface area is 123 Å². The molecule has 8 heteroatoms. The van der Waals surface area contributed by atoms with Crippen LogP contribution in [-0.2, 0) is 4.79 Å². The highest BCUT2D eigenvalue weighted by atomic mass is 19.2. The Kier molecular flexibility index (Phi) is 4.62. The van der Waals surface area contributed by atoms with Crippen LogP contribution in [0.5, 0.6) is 5.75 Å². The molecule has 0 aliphatic rings. The molecular weight excluding hydrogens is 298 g/mol. The molecule has 6 nitrogen and oxygen atoms in total. The molecule has 0 aromatic heterocycles. The van der Waals surface area contributed by atoms with E-state index >= 15 is 0 Å². The minimum Gasteiger partial charge on any atom is -0.484 e. The Bertz CT molecular complexity index is 704. The third-order valence-electron chi connectivity index (χ3n) is 2.62. The van der Waals surface area contributed by atoms with Gasteiger partial charge in [-0.2, -0.15) is 0 Å². The largest absolute Gasteiger partial charge is 0.484 e. The highest BCUT2D eigenvalue weighted by Gasteiger charge is 2.08. The van der Waals surface area contributed by atoms with E-state index in [4.69, 9.17) is 4.74 Å². The maximum Gasteiger partial charge on any atom is 0.269 e. The highest BCUT2D eigenvalue weighted by Crippen LogP contribution is 2.17. The summed E-state index contributed by atoms with van der Waals surface area (Å²) in [5.41, 5.74) is -0.00483. The first-order chi connectivity index (χ1) is 10.5. The average Bonchev–Trinajstić information content (AvgIpc) is 2.49. The number of carbonyl (C=O) groups excluding carboxylic acids is 1. The van der Waals surface area contributed by atoms with Gasteiger partial charge in [0.05, 0.1) is 4.92 Å². The van der Waals surface area contributed by atoms with Gasteiger partial charge in [-0.15, -0.1) is 0 Å². The molecule has 0 spiro atoms. The van der Waals surface area contributed by atoms with Crippen molar-refractivity contribution in [3.05, 3.63) is 64.2 Å². The van der Waals surface area contributed by atoms with Crippen LogP contribution < -0.4 is 10.1 Å².